The summed E-state index contributed by atoms with van der Waals surface area (Å²) in [6.07, 6.45) is 12.7. The number of hydrogen-bond donors (Lipinski definition) is 2. The number of carboxylic acids is 2. The molecule has 0 radical (unpaired) electrons. The van der Waals surface area contributed by atoms with Crippen molar-refractivity contribution in [2.75, 3.05) is 0 Å². The second-order valence-electron chi connectivity index (χ2n) is 15.5. The Balaban J connectivity index is 1.49. The minimum atomic E-state index is -0.884. The van der Waals surface area contributed by atoms with Crippen LogP contribution in [0.4, 0.5) is 0 Å². The molecule has 4 aliphatic carbocycles. The highest BCUT2D eigenvalue weighted by Crippen LogP contribution is 2.69. The molecule has 0 bridgehead atoms. The lowest BCUT2D eigenvalue weighted by Crippen LogP contribution is -2.56. The van der Waals surface area contributed by atoms with Gasteiger partial charge < -0.3 is 10.2 Å². The van der Waals surface area contributed by atoms with E-state index in [-0.39, 0.29) is 22.2 Å². The van der Waals surface area contributed by atoms with Crippen LogP contribution < -0.4 is 0 Å². The predicted octanol–water partition coefficient (Wildman–Crippen LogP) is 9.51. The van der Waals surface area contributed by atoms with Gasteiger partial charge in [-0.25, -0.2) is 4.79 Å². The van der Waals surface area contributed by atoms with Crippen LogP contribution in [-0.2, 0) is 4.79 Å². The summed E-state index contributed by atoms with van der Waals surface area (Å²) in [5, 5.41) is 20.0. The van der Waals surface area contributed by atoms with Gasteiger partial charge in [0.15, 0.2) is 0 Å². The zero-order chi connectivity index (χ0) is 30.0. The first-order valence-corrected chi connectivity index (χ1v) is 16.1. The van der Waals surface area contributed by atoms with Crippen LogP contribution in [0.25, 0.3) is 5.57 Å². The van der Waals surface area contributed by atoms with Gasteiger partial charge in [-0.15, -0.1) is 0 Å². The van der Waals surface area contributed by atoms with Crippen LogP contribution in [0.2, 0.25) is 0 Å². The van der Waals surface area contributed by atoms with Crippen molar-refractivity contribution in [2.24, 2.45) is 51.2 Å². The van der Waals surface area contributed by atoms with Crippen molar-refractivity contribution in [1.29, 1.82) is 0 Å². The van der Waals surface area contributed by atoms with Crippen molar-refractivity contribution < 1.29 is 19.8 Å². The Morgan fingerprint density at radius 1 is 0.854 bits per heavy atom. The van der Waals surface area contributed by atoms with Gasteiger partial charge in [0.25, 0.3) is 0 Å². The summed E-state index contributed by atoms with van der Waals surface area (Å²) in [5.74, 6) is 0.663. The topological polar surface area (TPSA) is 74.6 Å². The Morgan fingerprint density at radius 3 is 2.12 bits per heavy atom. The molecule has 4 heteroatoms. The first-order chi connectivity index (χ1) is 19.2. The fraction of sp³-hybridized carbons (Fsp3) is 0.676. The molecular weight excluding hydrogens is 508 g/mol. The van der Waals surface area contributed by atoms with Gasteiger partial charge in [-0.2, -0.15) is 0 Å². The molecule has 5 rings (SSSR count). The molecule has 0 aliphatic heterocycles. The average Bonchev–Trinajstić information content (AvgIpc) is 3.28. The van der Waals surface area contributed by atoms with E-state index in [1.165, 1.54) is 24.0 Å². The monoisotopic (exact) mass is 560 g/mol. The SMILES string of the molecule is C=C(C)C1CCC2(C(=O)O)CCC(C)C3(C)CCC4C(C)(C)C(c5ccc(C(=O)O)cc5)=CCC4(C)C3CCCC12. The molecule has 0 amide bonds. The molecule has 3 fully saturated rings. The van der Waals surface area contributed by atoms with Gasteiger partial charge >= 0.3 is 11.9 Å². The quantitative estimate of drug-likeness (QED) is 0.360. The third-order valence-electron chi connectivity index (χ3n) is 13.4. The number of carbonyl (C=O) groups is 2. The maximum Gasteiger partial charge on any atom is 0.335 e. The van der Waals surface area contributed by atoms with Gasteiger partial charge in [-0.1, -0.05) is 71.4 Å². The first kappa shape index (κ1) is 30.1. The Morgan fingerprint density at radius 2 is 1.51 bits per heavy atom. The summed E-state index contributed by atoms with van der Waals surface area (Å²) in [5.41, 5.74) is 3.74. The highest BCUT2D eigenvalue weighted by Gasteiger charge is 2.61. The van der Waals surface area contributed by atoms with E-state index in [0.29, 0.717) is 29.2 Å². The molecule has 0 spiro atoms. The van der Waals surface area contributed by atoms with Crippen LogP contribution in [0.3, 0.4) is 0 Å². The first-order valence-electron chi connectivity index (χ1n) is 16.1. The second-order valence-corrected chi connectivity index (χ2v) is 15.5. The fourth-order valence-corrected chi connectivity index (χ4v) is 11.0. The van der Waals surface area contributed by atoms with Gasteiger partial charge in [0.05, 0.1) is 11.0 Å². The van der Waals surface area contributed by atoms with Gasteiger partial charge in [0.2, 0.25) is 0 Å². The summed E-state index contributed by atoms with van der Waals surface area (Å²) in [6.45, 7) is 18.8. The van der Waals surface area contributed by atoms with E-state index in [4.69, 9.17) is 0 Å². The highest BCUT2D eigenvalue weighted by molar-refractivity contribution is 5.88. The number of allylic oxidation sites excluding steroid dienone is 3. The third-order valence-corrected chi connectivity index (χ3v) is 13.4. The molecule has 8 unspecified atom stereocenters. The van der Waals surface area contributed by atoms with Crippen LogP contribution in [0.5, 0.6) is 0 Å². The maximum absolute atomic E-state index is 12.9. The molecule has 41 heavy (non-hydrogen) atoms. The van der Waals surface area contributed by atoms with E-state index in [2.05, 4.69) is 54.2 Å². The zero-order valence-corrected chi connectivity index (χ0v) is 26.3. The zero-order valence-electron chi connectivity index (χ0n) is 26.3. The molecular formula is C37H52O4. The number of aromatic carboxylic acids is 1. The average molecular weight is 561 g/mol. The van der Waals surface area contributed by atoms with Crippen LogP contribution in [-0.4, -0.2) is 22.2 Å². The Kier molecular flexibility index (Phi) is 7.65. The number of rotatable bonds is 4. The molecule has 2 N–H and O–H groups in total. The summed E-state index contributed by atoms with van der Waals surface area (Å²) in [6, 6.07) is 7.46. The molecule has 4 aliphatic rings. The molecule has 1 aromatic carbocycles. The predicted molar refractivity (Wildman–Crippen MR) is 166 cm³/mol. The molecule has 224 valence electrons. The van der Waals surface area contributed by atoms with Crippen molar-refractivity contribution in [2.45, 2.75) is 106 Å². The Bertz CT molecular complexity index is 1240. The molecule has 0 aromatic heterocycles. The van der Waals surface area contributed by atoms with Gasteiger partial charge in [-0.3, -0.25) is 4.79 Å². The summed E-state index contributed by atoms with van der Waals surface area (Å²) in [7, 11) is 0. The minimum absolute atomic E-state index is 0.0212. The van der Waals surface area contributed by atoms with Crippen LogP contribution in [0.15, 0.2) is 42.5 Å². The lowest BCUT2D eigenvalue weighted by atomic mass is 9.40. The van der Waals surface area contributed by atoms with Crippen LogP contribution in [0, 0.1) is 51.2 Å². The molecule has 1 aromatic rings. The number of aliphatic carboxylic acids is 1. The van der Waals surface area contributed by atoms with E-state index in [1.807, 2.05) is 12.1 Å². The maximum atomic E-state index is 12.9. The number of hydrogen-bond acceptors (Lipinski definition) is 2. The molecule has 0 saturated heterocycles. The number of carboxylic acid groups (broad SMARTS) is 2. The van der Waals surface area contributed by atoms with E-state index >= 15 is 0 Å². The van der Waals surface area contributed by atoms with E-state index in [9.17, 15) is 19.8 Å². The van der Waals surface area contributed by atoms with Crippen molar-refractivity contribution in [3.8, 4) is 0 Å². The van der Waals surface area contributed by atoms with Crippen molar-refractivity contribution in [1.82, 2.24) is 0 Å². The summed E-state index contributed by atoms with van der Waals surface area (Å²) >= 11 is 0. The normalized spacial score (nSPS) is 40.3. The molecule has 0 heterocycles. The van der Waals surface area contributed by atoms with Gasteiger partial charge in [0.1, 0.15) is 0 Å². The Hall–Kier alpha value is -2.36. The standard InChI is InChI=1S/C37H52O4/c1-23(2)27-16-22-37(33(40)41)21-15-24(3)35(6)20-18-30-34(4,5)28(25-11-13-26(14-12-25)32(38)39)17-19-36(30,7)31(35)10-8-9-29(27)37/h11-14,17,24,27,29-31H,1,8-10,15-16,18-22H2,2-7H3,(H,38,39)(H,40,41). The van der Waals surface area contributed by atoms with Gasteiger partial charge in [-0.05, 0) is 134 Å². The van der Waals surface area contributed by atoms with Gasteiger partial charge in [0, 0.05) is 0 Å². The van der Waals surface area contributed by atoms with Crippen molar-refractivity contribution in [3.05, 3.63) is 53.6 Å². The minimum Gasteiger partial charge on any atom is -0.481 e. The lowest BCUT2D eigenvalue weighted by Gasteiger charge is -2.64. The highest BCUT2D eigenvalue weighted by atomic mass is 16.4. The van der Waals surface area contributed by atoms with Crippen LogP contribution in [0.1, 0.15) is 122 Å². The second kappa shape index (κ2) is 10.4. The molecule has 3 saturated carbocycles. The molecule has 8 atom stereocenters. The van der Waals surface area contributed by atoms with Crippen molar-refractivity contribution in [3.63, 3.8) is 0 Å². The van der Waals surface area contributed by atoms with Crippen LogP contribution >= 0.6 is 0 Å². The lowest BCUT2D eigenvalue weighted by molar-refractivity contribution is -0.155. The smallest absolute Gasteiger partial charge is 0.335 e. The van der Waals surface area contributed by atoms with Crippen molar-refractivity contribution >= 4 is 17.5 Å². The van der Waals surface area contributed by atoms with E-state index in [0.717, 1.165) is 56.9 Å². The summed E-state index contributed by atoms with van der Waals surface area (Å²) in [4.78, 5) is 24.4. The Labute approximate surface area is 247 Å². The van der Waals surface area contributed by atoms with E-state index in [1.54, 1.807) is 12.1 Å². The summed E-state index contributed by atoms with van der Waals surface area (Å²) < 4.78 is 0. The van der Waals surface area contributed by atoms with E-state index < -0.39 is 17.4 Å². The number of benzene rings is 1. The molecule has 4 nitrogen and oxygen atoms in total. The largest absolute Gasteiger partial charge is 0.481 e. The number of fused-ring (bicyclic) bond motifs is 4. The fourth-order valence-electron chi connectivity index (χ4n) is 11.0. The third kappa shape index (κ3) is 4.63.